The molecule has 0 saturated carbocycles. The van der Waals surface area contributed by atoms with Crippen LogP contribution in [-0.2, 0) is 28.7 Å². The molecule has 0 unspecified atom stereocenters. The first-order chi connectivity index (χ1) is 15.0. The molecule has 0 radical (unpaired) electrons. The smallest absolute Gasteiger partial charge is 0.306 e. The second-order valence-electron chi connectivity index (χ2n) is 8.63. The molecule has 1 saturated heterocycles. The highest BCUT2D eigenvalue weighted by atomic mass is 16.5. The fourth-order valence-corrected chi connectivity index (χ4v) is 3.65. The van der Waals surface area contributed by atoms with E-state index in [1.165, 1.54) is 0 Å². The van der Waals surface area contributed by atoms with Crippen LogP contribution >= 0.6 is 0 Å². The van der Waals surface area contributed by atoms with Crippen molar-refractivity contribution in [2.45, 2.75) is 40.5 Å². The van der Waals surface area contributed by atoms with Gasteiger partial charge in [-0.05, 0) is 12.8 Å². The Hall–Kier alpha value is -2.20. The average Bonchev–Trinajstić information content (AvgIpc) is 2.72. The van der Waals surface area contributed by atoms with Crippen molar-refractivity contribution in [3.63, 3.8) is 0 Å². The second kappa shape index (κ2) is 14.1. The molecule has 2 N–H and O–H groups in total. The molecule has 0 bridgehead atoms. The van der Waals surface area contributed by atoms with Crippen molar-refractivity contribution in [3.05, 3.63) is 0 Å². The number of rotatable bonds is 8. The van der Waals surface area contributed by atoms with Crippen LogP contribution in [0.4, 0.5) is 0 Å². The molecule has 0 aliphatic carbocycles. The number of aliphatic carboxylic acids is 2. The third-order valence-electron chi connectivity index (χ3n) is 5.75. The second-order valence-corrected chi connectivity index (χ2v) is 8.63. The molecule has 2 amide bonds. The zero-order chi connectivity index (χ0) is 24.3. The summed E-state index contributed by atoms with van der Waals surface area (Å²) in [5, 5.41) is 18.1. The Balaban J connectivity index is 2.60. The van der Waals surface area contributed by atoms with Gasteiger partial charge in [-0.25, -0.2) is 0 Å². The van der Waals surface area contributed by atoms with Crippen LogP contribution in [0, 0.1) is 23.7 Å². The van der Waals surface area contributed by atoms with Gasteiger partial charge in [-0.2, -0.15) is 0 Å². The van der Waals surface area contributed by atoms with Crippen molar-refractivity contribution >= 4 is 23.8 Å². The SMILES string of the molecule is C[C@H](C[C@H](C)C(=O)N1CCOCCN(C(=O)[C@H](C)C[C@H](C)C(=O)O)CCOCC1)C(=O)O. The lowest BCUT2D eigenvalue weighted by atomic mass is 9.96. The normalized spacial score (nSPS) is 20.2. The lowest BCUT2D eigenvalue weighted by Gasteiger charge is -2.29. The quantitative estimate of drug-likeness (QED) is 0.554. The maximum absolute atomic E-state index is 12.8. The zero-order valence-electron chi connectivity index (χ0n) is 19.6. The summed E-state index contributed by atoms with van der Waals surface area (Å²) in [6.07, 6.45) is 0.532. The molecule has 10 heteroatoms. The predicted octanol–water partition coefficient (Wildman–Crippen LogP) is 1.18. The highest BCUT2D eigenvalue weighted by molar-refractivity contribution is 5.80. The minimum Gasteiger partial charge on any atom is -0.481 e. The standard InChI is InChI=1S/C22H38N2O8/c1-15(13-17(3)21(27)28)19(25)23-5-9-31-11-7-24(8-12-32-10-6-23)20(26)16(2)14-18(4)22(29)30/h15-18H,5-14H2,1-4H3,(H,27,28)(H,29,30)/t15-,16+,17+,18-. The van der Waals surface area contributed by atoms with Crippen molar-refractivity contribution in [1.29, 1.82) is 0 Å². The Bertz CT molecular complexity index is 575. The number of nitrogens with zero attached hydrogens (tertiary/aromatic N) is 2. The van der Waals surface area contributed by atoms with E-state index in [2.05, 4.69) is 0 Å². The number of hydrogen-bond acceptors (Lipinski definition) is 6. The molecule has 0 aromatic rings. The highest BCUT2D eigenvalue weighted by Crippen LogP contribution is 2.16. The molecule has 0 spiro atoms. The summed E-state index contributed by atoms with van der Waals surface area (Å²) in [5.74, 6) is -4.13. The molecule has 1 heterocycles. The Morgan fingerprint density at radius 3 is 1.16 bits per heavy atom. The maximum Gasteiger partial charge on any atom is 0.306 e. The van der Waals surface area contributed by atoms with Gasteiger partial charge in [0.1, 0.15) is 0 Å². The van der Waals surface area contributed by atoms with Crippen molar-refractivity contribution in [3.8, 4) is 0 Å². The third-order valence-corrected chi connectivity index (χ3v) is 5.75. The number of carboxylic acids is 2. The number of carbonyl (C=O) groups is 4. The average molecular weight is 459 g/mol. The van der Waals surface area contributed by atoms with Crippen LogP contribution in [0.5, 0.6) is 0 Å². The minimum atomic E-state index is -0.921. The van der Waals surface area contributed by atoms with Gasteiger partial charge in [-0.15, -0.1) is 0 Å². The molecule has 1 aliphatic heterocycles. The molecular formula is C22H38N2O8. The highest BCUT2D eigenvalue weighted by Gasteiger charge is 2.26. The van der Waals surface area contributed by atoms with E-state index in [4.69, 9.17) is 19.7 Å². The number of carbonyl (C=O) groups excluding carboxylic acids is 2. The van der Waals surface area contributed by atoms with Gasteiger partial charge in [0.2, 0.25) is 11.8 Å². The van der Waals surface area contributed by atoms with E-state index in [1.54, 1.807) is 37.5 Å². The van der Waals surface area contributed by atoms with Gasteiger partial charge in [0.25, 0.3) is 0 Å². The predicted molar refractivity (Wildman–Crippen MR) is 116 cm³/mol. The van der Waals surface area contributed by atoms with Gasteiger partial charge in [0.05, 0.1) is 38.3 Å². The number of hydrogen-bond donors (Lipinski definition) is 2. The largest absolute Gasteiger partial charge is 0.481 e. The number of ether oxygens (including phenoxy) is 2. The van der Waals surface area contributed by atoms with Crippen LogP contribution in [0.3, 0.4) is 0 Å². The van der Waals surface area contributed by atoms with E-state index in [0.29, 0.717) is 52.6 Å². The van der Waals surface area contributed by atoms with Crippen molar-refractivity contribution in [2.24, 2.45) is 23.7 Å². The minimum absolute atomic E-state index is 0.125. The molecule has 10 nitrogen and oxygen atoms in total. The van der Waals surface area contributed by atoms with Crippen LogP contribution in [0.1, 0.15) is 40.5 Å². The molecule has 184 valence electrons. The first kappa shape index (κ1) is 27.8. The summed E-state index contributed by atoms with van der Waals surface area (Å²) in [6, 6.07) is 0. The number of amides is 2. The van der Waals surface area contributed by atoms with E-state index in [1.807, 2.05) is 0 Å². The van der Waals surface area contributed by atoms with Crippen LogP contribution in [-0.4, -0.2) is 96.4 Å². The van der Waals surface area contributed by atoms with Crippen LogP contribution in [0.25, 0.3) is 0 Å². The third kappa shape index (κ3) is 9.52. The van der Waals surface area contributed by atoms with Gasteiger partial charge in [0, 0.05) is 38.0 Å². The summed E-state index contributed by atoms with van der Waals surface area (Å²) < 4.78 is 11.3. The van der Waals surface area contributed by atoms with Gasteiger partial charge in [0.15, 0.2) is 0 Å². The van der Waals surface area contributed by atoms with E-state index in [9.17, 15) is 19.2 Å². The van der Waals surface area contributed by atoms with Gasteiger partial charge in [-0.1, -0.05) is 27.7 Å². The lowest BCUT2D eigenvalue weighted by molar-refractivity contribution is -0.144. The van der Waals surface area contributed by atoms with Crippen LogP contribution in [0.15, 0.2) is 0 Å². The Kier molecular flexibility index (Phi) is 12.2. The molecule has 0 aromatic heterocycles. The first-order valence-corrected chi connectivity index (χ1v) is 11.2. The monoisotopic (exact) mass is 458 g/mol. The van der Waals surface area contributed by atoms with Crippen LogP contribution < -0.4 is 0 Å². The summed E-state index contributed by atoms with van der Waals surface area (Å²) in [4.78, 5) is 50.9. The number of carboxylic acid groups (broad SMARTS) is 2. The van der Waals surface area contributed by atoms with E-state index in [-0.39, 0.29) is 24.7 Å². The van der Waals surface area contributed by atoms with Crippen LogP contribution in [0.2, 0.25) is 0 Å². The van der Waals surface area contributed by atoms with Gasteiger partial charge >= 0.3 is 11.9 Å². The fourth-order valence-electron chi connectivity index (χ4n) is 3.65. The Labute approximate surface area is 189 Å². The molecule has 0 aromatic carbocycles. The van der Waals surface area contributed by atoms with Crippen molar-refractivity contribution in [2.75, 3.05) is 52.6 Å². The molecule has 1 fully saturated rings. The maximum atomic E-state index is 12.8. The fraction of sp³-hybridized carbons (Fsp3) is 0.818. The Morgan fingerprint density at radius 2 is 0.906 bits per heavy atom. The summed E-state index contributed by atoms with van der Waals surface area (Å²) in [6.45, 7) is 9.23. The first-order valence-electron chi connectivity index (χ1n) is 11.2. The van der Waals surface area contributed by atoms with E-state index >= 15 is 0 Å². The van der Waals surface area contributed by atoms with Crippen molar-refractivity contribution < 1.29 is 38.9 Å². The molecular weight excluding hydrogens is 420 g/mol. The summed E-state index contributed by atoms with van der Waals surface area (Å²) in [7, 11) is 0. The Morgan fingerprint density at radius 1 is 0.625 bits per heavy atom. The molecule has 32 heavy (non-hydrogen) atoms. The lowest BCUT2D eigenvalue weighted by Crippen LogP contribution is -2.43. The zero-order valence-corrected chi connectivity index (χ0v) is 19.6. The van der Waals surface area contributed by atoms with Gasteiger partial charge < -0.3 is 29.5 Å². The molecule has 1 rings (SSSR count). The summed E-state index contributed by atoms with van der Waals surface area (Å²) >= 11 is 0. The van der Waals surface area contributed by atoms with E-state index < -0.39 is 35.6 Å². The molecule has 1 aliphatic rings. The van der Waals surface area contributed by atoms with Gasteiger partial charge in [-0.3, -0.25) is 19.2 Å². The van der Waals surface area contributed by atoms with E-state index in [0.717, 1.165) is 0 Å². The summed E-state index contributed by atoms with van der Waals surface area (Å²) in [5.41, 5.74) is 0. The van der Waals surface area contributed by atoms with Crippen molar-refractivity contribution in [1.82, 2.24) is 9.80 Å². The topological polar surface area (TPSA) is 134 Å². The molecule has 4 atom stereocenters.